The van der Waals surface area contributed by atoms with Crippen LogP contribution in [-0.4, -0.2) is 277 Å². The number of carbonyl (C=O) groups is 6. The molecule has 17 nitrogen and oxygen atoms in total. The van der Waals surface area contributed by atoms with E-state index in [-0.39, 0.29) is 199 Å². The second-order valence-electron chi connectivity index (χ2n) is 5.01. The van der Waals surface area contributed by atoms with Gasteiger partial charge in [-0.15, -0.1) is 0 Å². The van der Waals surface area contributed by atoms with Crippen LogP contribution in [-0.2, 0) is 33.5 Å². The average Bonchev–Trinajstić information content (AvgIpc) is 2.34. The molecule has 0 spiro atoms. The van der Waals surface area contributed by atoms with E-state index in [2.05, 4.69) is 4.74 Å². The Kier molecular flexibility index (Phi) is 67.2. The van der Waals surface area contributed by atoms with Gasteiger partial charge in [-0.1, -0.05) is 0 Å². The quantitative estimate of drug-likeness (QED) is 0.0792. The van der Waals surface area contributed by atoms with Crippen LogP contribution < -0.4 is 0 Å². The van der Waals surface area contributed by atoms with Crippen molar-refractivity contribution in [2.24, 2.45) is 0 Å². The van der Waals surface area contributed by atoms with E-state index in [0.29, 0.717) is 0 Å². The molecule has 0 heterocycles. The molecule has 0 rings (SSSR count). The number of aliphatic hydroxyl groups is 2. The summed E-state index contributed by atoms with van der Waals surface area (Å²) < 4.78 is 3.99. The van der Waals surface area contributed by atoms with Crippen LogP contribution in [0.4, 0.5) is 0 Å². The van der Waals surface area contributed by atoms with E-state index in [1.54, 1.807) is 0 Å². The summed E-state index contributed by atoms with van der Waals surface area (Å²) in [6.45, 7) is 0. The molecular weight excluding hydrogens is 554 g/mol. The molecular formula is C12H28Na6O17. The van der Waals surface area contributed by atoms with Crippen molar-refractivity contribution in [1.29, 1.82) is 0 Å². The first kappa shape index (κ1) is 71.3. The molecule has 0 aliphatic carbocycles. The van der Waals surface area contributed by atoms with Gasteiger partial charge in [0.05, 0.1) is 25.7 Å². The van der Waals surface area contributed by atoms with Gasteiger partial charge in [0.25, 0.3) is 0 Å². The monoisotopic (exact) mass is 582 g/mol. The predicted octanol–water partition coefficient (Wildman–Crippen LogP) is -9.77. The van der Waals surface area contributed by atoms with Gasteiger partial charge < -0.3 is 57.3 Å². The molecule has 0 amide bonds. The second kappa shape index (κ2) is 33.0. The molecule has 2 atom stereocenters. The Morgan fingerprint density at radius 3 is 0.829 bits per heavy atom. The third-order valence-electron chi connectivity index (χ3n) is 2.78. The summed E-state index contributed by atoms with van der Waals surface area (Å²) in [6, 6.07) is 0. The zero-order chi connectivity index (χ0) is 20.0. The van der Waals surface area contributed by atoms with Crippen molar-refractivity contribution in [3.05, 3.63) is 0 Å². The average molecular weight is 582 g/mol. The molecule has 0 bridgehead atoms. The number of rotatable bonds is 10. The van der Waals surface area contributed by atoms with Crippen molar-refractivity contribution in [3.63, 3.8) is 0 Å². The van der Waals surface area contributed by atoms with Crippen LogP contribution in [0.5, 0.6) is 0 Å². The van der Waals surface area contributed by atoms with Gasteiger partial charge in [0, 0.05) is 0 Å². The van der Waals surface area contributed by atoms with Crippen molar-refractivity contribution >= 4 is 213 Å². The fourth-order valence-corrected chi connectivity index (χ4v) is 1.60. The minimum atomic E-state index is -3.09. The summed E-state index contributed by atoms with van der Waals surface area (Å²) in [5.41, 5.74) is -6.18. The van der Waals surface area contributed by atoms with Gasteiger partial charge in [-0.2, -0.15) is 0 Å². The van der Waals surface area contributed by atoms with Crippen LogP contribution in [0.15, 0.2) is 0 Å². The number of hydrogen-bond acceptors (Lipinski definition) is 9. The van der Waals surface area contributed by atoms with Gasteiger partial charge in [0.15, 0.2) is 11.2 Å². The topological polar surface area (TPSA) is 359 Å². The zero-order valence-electron chi connectivity index (χ0n) is 14.4. The number of ether oxygens (including phenoxy) is 1. The fraction of sp³-hybridized carbons (Fsp3) is 0.500. The predicted molar refractivity (Wildman–Crippen MR) is 127 cm³/mol. The standard InChI is InChI=1S/C12H14O13.6Na.4H2O.6H/c13-5(14)1-11(23,9(19)20)3-7(17)25-8(18)4-12(24,10(21)22)2-6(15)16;;;;;;;;;;;;;;;;/h23-24H,1-4H2,(H,13,14)(H,15,16)(H,19,20)(H,21,22);;;;;;;4*1H2;;;;;;. The number of carboxylic acids is 4. The first-order valence-corrected chi connectivity index (χ1v) is 6.30. The van der Waals surface area contributed by atoms with Gasteiger partial charge in [-0.3, -0.25) is 19.2 Å². The van der Waals surface area contributed by atoms with Crippen molar-refractivity contribution in [1.82, 2.24) is 0 Å². The van der Waals surface area contributed by atoms with Crippen molar-refractivity contribution in [2.75, 3.05) is 0 Å². The van der Waals surface area contributed by atoms with Gasteiger partial charge in [-0.05, 0) is 0 Å². The Bertz CT molecular complexity index is 583. The van der Waals surface area contributed by atoms with E-state index in [1.165, 1.54) is 0 Å². The van der Waals surface area contributed by atoms with E-state index >= 15 is 0 Å². The molecule has 0 aliphatic heterocycles. The molecule has 0 radical (unpaired) electrons. The fourth-order valence-electron chi connectivity index (χ4n) is 1.60. The first-order valence-electron chi connectivity index (χ1n) is 6.30. The summed E-state index contributed by atoms with van der Waals surface area (Å²) >= 11 is 0. The molecule has 0 aromatic carbocycles. The molecule has 0 saturated heterocycles. The molecule has 0 aromatic heterocycles. The molecule has 23 heteroatoms. The number of hydrogen-bond donors (Lipinski definition) is 6. The number of esters is 2. The van der Waals surface area contributed by atoms with Crippen LogP contribution in [0, 0.1) is 0 Å². The van der Waals surface area contributed by atoms with Crippen LogP contribution in [0.25, 0.3) is 0 Å². The Balaban J connectivity index is -0.0000000640. The second-order valence-corrected chi connectivity index (χ2v) is 5.01. The zero-order valence-corrected chi connectivity index (χ0v) is 14.4. The van der Waals surface area contributed by atoms with E-state index in [1.807, 2.05) is 0 Å². The van der Waals surface area contributed by atoms with Crippen LogP contribution >= 0.6 is 0 Å². The molecule has 0 aliphatic rings. The molecule has 184 valence electrons. The van der Waals surface area contributed by atoms with E-state index < -0.39 is 72.7 Å². The minimum absolute atomic E-state index is 0. The molecule has 0 aromatic rings. The Hall–Kier alpha value is 2.78. The summed E-state index contributed by atoms with van der Waals surface area (Å²) in [5, 5.41) is 53.6. The van der Waals surface area contributed by atoms with Gasteiger partial charge >= 0.3 is 213 Å². The summed E-state index contributed by atoms with van der Waals surface area (Å²) in [4.78, 5) is 65.5. The number of carbonyl (C=O) groups excluding carboxylic acids is 2. The third kappa shape index (κ3) is 29.6. The maximum atomic E-state index is 11.4. The molecule has 2 unspecified atom stereocenters. The van der Waals surface area contributed by atoms with Crippen molar-refractivity contribution in [3.8, 4) is 0 Å². The number of aliphatic carboxylic acids is 4. The molecule has 14 N–H and O–H groups in total. The van der Waals surface area contributed by atoms with Crippen LogP contribution in [0.1, 0.15) is 25.7 Å². The van der Waals surface area contributed by atoms with Crippen molar-refractivity contribution < 1.29 is 86.0 Å². The summed E-state index contributed by atoms with van der Waals surface area (Å²) in [5.74, 6) is -11.2. The Labute approximate surface area is 330 Å². The molecule has 0 saturated carbocycles. The van der Waals surface area contributed by atoms with E-state index in [4.69, 9.17) is 20.4 Å². The van der Waals surface area contributed by atoms with Gasteiger partial charge in [0.1, 0.15) is 0 Å². The Morgan fingerprint density at radius 2 is 0.686 bits per heavy atom. The summed E-state index contributed by atoms with van der Waals surface area (Å²) in [6.07, 6.45) is -5.73. The van der Waals surface area contributed by atoms with E-state index in [9.17, 15) is 39.0 Å². The van der Waals surface area contributed by atoms with Gasteiger partial charge in [0.2, 0.25) is 0 Å². The van der Waals surface area contributed by atoms with Crippen LogP contribution in [0.3, 0.4) is 0 Å². The SMILES string of the molecule is O.O.O.O.O=C(O)CC(O)(CC(=O)OC(=O)CC(O)(CC(=O)O)C(=O)O)C(=O)O.[NaH].[NaH].[NaH].[NaH].[NaH].[NaH]. The number of carboxylic acid groups (broad SMARTS) is 4. The summed E-state index contributed by atoms with van der Waals surface area (Å²) in [7, 11) is 0. The van der Waals surface area contributed by atoms with Gasteiger partial charge in [-0.25, -0.2) is 9.59 Å². The normalized spacial score (nSPS) is 10.9. The Morgan fingerprint density at radius 1 is 0.486 bits per heavy atom. The van der Waals surface area contributed by atoms with E-state index in [0.717, 1.165) is 0 Å². The third-order valence-corrected chi connectivity index (χ3v) is 2.78. The molecule has 35 heavy (non-hydrogen) atoms. The molecule has 0 fully saturated rings. The van der Waals surface area contributed by atoms with Crippen molar-refractivity contribution in [2.45, 2.75) is 36.9 Å². The van der Waals surface area contributed by atoms with Crippen LogP contribution in [0.2, 0.25) is 0 Å². The maximum absolute atomic E-state index is 11.4. The first-order chi connectivity index (χ1) is 11.2.